The Balaban J connectivity index is 2.51. The summed E-state index contributed by atoms with van der Waals surface area (Å²) in [6.07, 6.45) is 3.04. The first-order valence-corrected chi connectivity index (χ1v) is 6.07. The van der Waals surface area contributed by atoms with E-state index in [4.69, 9.17) is 4.74 Å². The molecule has 0 amide bonds. The van der Waals surface area contributed by atoms with Crippen LogP contribution in [0.5, 0.6) is 0 Å². The molecule has 1 saturated heterocycles. The smallest absolute Gasteiger partial charge is 0.323 e. The number of rotatable bonds is 5. The zero-order valence-electron chi connectivity index (χ0n) is 10.5. The van der Waals surface area contributed by atoms with Crippen LogP contribution in [0.15, 0.2) is 0 Å². The predicted octanol–water partition coefficient (Wildman–Crippen LogP) is 1.74. The van der Waals surface area contributed by atoms with E-state index in [2.05, 4.69) is 0 Å². The van der Waals surface area contributed by atoms with E-state index in [1.807, 2.05) is 25.7 Å². The highest BCUT2D eigenvalue weighted by Crippen LogP contribution is 2.27. The Hall–Kier alpha value is -0.610. The van der Waals surface area contributed by atoms with E-state index in [9.17, 15) is 9.90 Å². The minimum Gasteiger partial charge on any atom is -0.480 e. The van der Waals surface area contributed by atoms with Gasteiger partial charge in [-0.15, -0.1) is 0 Å². The lowest BCUT2D eigenvalue weighted by molar-refractivity contribution is -0.153. The topological polar surface area (TPSA) is 49.8 Å². The van der Waals surface area contributed by atoms with E-state index in [0.29, 0.717) is 13.2 Å². The second-order valence-electron chi connectivity index (χ2n) is 4.94. The average Bonchev–Trinajstić information content (AvgIpc) is 2.20. The maximum atomic E-state index is 11.3. The second-order valence-corrected chi connectivity index (χ2v) is 4.94. The Labute approximate surface area is 97.6 Å². The zero-order valence-corrected chi connectivity index (χ0v) is 10.5. The molecule has 0 aromatic heterocycles. The summed E-state index contributed by atoms with van der Waals surface area (Å²) < 4.78 is 5.48. The Morgan fingerprint density at radius 1 is 1.50 bits per heavy atom. The van der Waals surface area contributed by atoms with Crippen LogP contribution < -0.4 is 0 Å². The highest BCUT2D eigenvalue weighted by atomic mass is 16.5. The van der Waals surface area contributed by atoms with Gasteiger partial charge in [0.15, 0.2) is 0 Å². The summed E-state index contributed by atoms with van der Waals surface area (Å²) in [7, 11) is 0. The normalized spacial score (nSPS) is 27.2. The van der Waals surface area contributed by atoms with Crippen molar-refractivity contribution in [2.75, 3.05) is 19.7 Å². The van der Waals surface area contributed by atoms with Gasteiger partial charge in [0.05, 0.1) is 12.7 Å². The summed E-state index contributed by atoms with van der Waals surface area (Å²) in [5.74, 6) is -0.711. The quantitative estimate of drug-likeness (QED) is 0.780. The number of carbonyl (C=O) groups is 1. The fourth-order valence-corrected chi connectivity index (χ4v) is 2.18. The number of carboxylic acid groups (broad SMARTS) is 1. The Morgan fingerprint density at radius 2 is 2.19 bits per heavy atom. The van der Waals surface area contributed by atoms with Crippen LogP contribution in [-0.2, 0) is 9.53 Å². The van der Waals surface area contributed by atoms with Crippen LogP contribution in [0, 0.1) is 0 Å². The van der Waals surface area contributed by atoms with Crippen molar-refractivity contribution < 1.29 is 14.6 Å². The lowest BCUT2D eigenvalue weighted by atomic mass is 9.88. The number of hydrogen-bond donors (Lipinski definition) is 1. The minimum absolute atomic E-state index is 0.209. The maximum absolute atomic E-state index is 11.3. The summed E-state index contributed by atoms with van der Waals surface area (Å²) >= 11 is 0. The minimum atomic E-state index is -0.711. The van der Waals surface area contributed by atoms with Gasteiger partial charge in [0.1, 0.15) is 5.54 Å². The van der Waals surface area contributed by atoms with Crippen molar-refractivity contribution in [1.82, 2.24) is 4.90 Å². The molecule has 0 bridgehead atoms. The third-order valence-corrected chi connectivity index (χ3v) is 3.31. The summed E-state index contributed by atoms with van der Waals surface area (Å²) in [6.45, 7) is 7.99. The molecule has 1 rings (SSSR count). The number of likely N-dealkylation sites (tertiary alicyclic amines) is 1. The molecule has 1 heterocycles. The lowest BCUT2D eigenvalue weighted by Crippen LogP contribution is -2.56. The summed E-state index contributed by atoms with van der Waals surface area (Å²) in [4.78, 5) is 13.3. The monoisotopic (exact) mass is 229 g/mol. The average molecular weight is 229 g/mol. The van der Waals surface area contributed by atoms with Crippen LogP contribution in [0.1, 0.15) is 40.0 Å². The number of nitrogens with zero attached hydrogens (tertiary/aromatic N) is 1. The van der Waals surface area contributed by atoms with Crippen molar-refractivity contribution in [2.24, 2.45) is 0 Å². The third kappa shape index (κ3) is 3.19. The summed E-state index contributed by atoms with van der Waals surface area (Å²) in [6, 6.07) is 0. The van der Waals surface area contributed by atoms with Crippen molar-refractivity contribution in [3.05, 3.63) is 0 Å². The molecule has 1 aliphatic heterocycles. The van der Waals surface area contributed by atoms with Crippen LogP contribution in [0.2, 0.25) is 0 Å². The first kappa shape index (κ1) is 13.5. The van der Waals surface area contributed by atoms with Gasteiger partial charge in [0, 0.05) is 6.54 Å². The van der Waals surface area contributed by atoms with Crippen molar-refractivity contribution in [3.63, 3.8) is 0 Å². The molecule has 1 atom stereocenters. The van der Waals surface area contributed by atoms with Crippen LogP contribution in [-0.4, -0.2) is 47.3 Å². The molecule has 0 saturated carbocycles. The van der Waals surface area contributed by atoms with E-state index >= 15 is 0 Å². The molecule has 1 aliphatic rings. The van der Waals surface area contributed by atoms with Gasteiger partial charge in [0.25, 0.3) is 0 Å². The van der Waals surface area contributed by atoms with Gasteiger partial charge in [-0.05, 0) is 46.6 Å². The Morgan fingerprint density at radius 3 is 2.75 bits per heavy atom. The number of carboxylic acids is 1. The van der Waals surface area contributed by atoms with E-state index in [1.165, 1.54) is 0 Å². The van der Waals surface area contributed by atoms with Gasteiger partial charge in [0.2, 0.25) is 0 Å². The van der Waals surface area contributed by atoms with Gasteiger partial charge in [-0.1, -0.05) is 0 Å². The highest BCUT2D eigenvalue weighted by Gasteiger charge is 2.40. The van der Waals surface area contributed by atoms with E-state index < -0.39 is 11.5 Å². The van der Waals surface area contributed by atoms with Crippen molar-refractivity contribution in [1.29, 1.82) is 0 Å². The largest absolute Gasteiger partial charge is 0.480 e. The summed E-state index contributed by atoms with van der Waals surface area (Å²) in [5.41, 5.74) is -0.696. The highest BCUT2D eigenvalue weighted by molar-refractivity contribution is 5.78. The molecule has 94 valence electrons. The number of piperidine rings is 1. The van der Waals surface area contributed by atoms with Gasteiger partial charge in [-0.3, -0.25) is 9.69 Å². The standard InChI is InChI=1S/C12H23NO3/c1-10(2)16-9-8-13-7-5-4-6-12(13,3)11(14)15/h10H,4-9H2,1-3H3,(H,14,15). The van der Waals surface area contributed by atoms with Gasteiger partial charge >= 0.3 is 5.97 Å². The molecule has 4 heteroatoms. The van der Waals surface area contributed by atoms with Crippen molar-refractivity contribution in [3.8, 4) is 0 Å². The predicted molar refractivity (Wildman–Crippen MR) is 62.6 cm³/mol. The molecule has 0 aromatic rings. The van der Waals surface area contributed by atoms with Gasteiger partial charge in [-0.25, -0.2) is 0 Å². The Bertz CT molecular complexity index is 242. The summed E-state index contributed by atoms with van der Waals surface area (Å²) in [5, 5.41) is 9.29. The molecule has 4 nitrogen and oxygen atoms in total. The van der Waals surface area contributed by atoms with E-state index in [0.717, 1.165) is 25.8 Å². The molecular formula is C12H23NO3. The molecule has 1 N–H and O–H groups in total. The molecule has 0 aliphatic carbocycles. The molecule has 0 radical (unpaired) electrons. The van der Waals surface area contributed by atoms with Gasteiger partial charge < -0.3 is 9.84 Å². The first-order valence-electron chi connectivity index (χ1n) is 6.07. The molecule has 0 aromatic carbocycles. The van der Waals surface area contributed by atoms with E-state index in [1.54, 1.807) is 0 Å². The SMILES string of the molecule is CC(C)OCCN1CCCCC1(C)C(=O)O. The van der Waals surface area contributed by atoms with Crippen LogP contribution in [0.25, 0.3) is 0 Å². The zero-order chi connectivity index (χ0) is 12.2. The molecule has 16 heavy (non-hydrogen) atoms. The number of hydrogen-bond acceptors (Lipinski definition) is 3. The Kier molecular flexibility index (Phi) is 4.74. The molecule has 1 unspecified atom stereocenters. The third-order valence-electron chi connectivity index (χ3n) is 3.31. The number of ether oxygens (including phenoxy) is 1. The lowest BCUT2D eigenvalue weighted by Gasteiger charge is -2.41. The van der Waals surface area contributed by atoms with Gasteiger partial charge in [-0.2, -0.15) is 0 Å². The van der Waals surface area contributed by atoms with Crippen molar-refractivity contribution in [2.45, 2.75) is 51.7 Å². The second kappa shape index (κ2) is 5.64. The number of aliphatic carboxylic acids is 1. The van der Waals surface area contributed by atoms with Crippen LogP contribution >= 0.6 is 0 Å². The van der Waals surface area contributed by atoms with Crippen LogP contribution in [0.4, 0.5) is 0 Å². The maximum Gasteiger partial charge on any atom is 0.323 e. The molecule has 1 fully saturated rings. The fourth-order valence-electron chi connectivity index (χ4n) is 2.18. The fraction of sp³-hybridized carbons (Fsp3) is 0.917. The molecular weight excluding hydrogens is 206 g/mol. The first-order chi connectivity index (χ1) is 7.47. The van der Waals surface area contributed by atoms with Crippen molar-refractivity contribution >= 4 is 5.97 Å². The molecule has 0 spiro atoms. The van der Waals surface area contributed by atoms with E-state index in [-0.39, 0.29) is 6.10 Å². The van der Waals surface area contributed by atoms with Crippen LogP contribution in [0.3, 0.4) is 0 Å².